The molecule has 3 heteroatoms. The van der Waals surface area contributed by atoms with Gasteiger partial charge in [-0.15, -0.1) is 0 Å². The molecule has 1 heterocycles. The van der Waals surface area contributed by atoms with E-state index in [1.54, 1.807) is 7.11 Å². The average molecular weight is 160 g/mol. The molecule has 0 bridgehead atoms. The van der Waals surface area contributed by atoms with E-state index in [1.807, 2.05) is 13.8 Å². The third-order valence-corrected chi connectivity index (χ3v) is 2.21. The van der Waals surface area contributed by atoms with Crippen LogP contribution in [-0.4, -0.2) is 30.2 Å². The van der Waals surface area contributed by atoms with E-state index in [0.717, 1.165) is 6.42 Å². The maximum absolute atomic E-state index is 9.24. The Labute approximate surface area is 67.3 Å². The van der Waals surface area contributed by atoms with Crippen molar-refractivity contribution in [2.75, 3.05) is 7.11 Å². The van der Waals surface area contributed by atoms with Gasteiger partial charge in [0.25, 0.3) is 0 Å². The van der Waals surface area contributed by atoms with Gasteiger partial charge in [-0.25, -0.2) is 0 Å². The lowest BCUT2D eigenvalue weighted by atomic mass is 9.92. The third kappa shape index (κ3) is 2.15. The van der Waals surface area contributed by atoms with Gasteiger partial charge in [0.2, 0.25) is 0 Å². The molecule has 1 fully saturated rings. The number of methoxy groups -OCH3 is 1. The highest BCUT2D eigenvalue weighted by atomic mass is 16.6. The third-order valence-electron chi connectivity index (χ3n) is 2.21. The van der Waals surface area contributed by atoms with Crippen molar-refractivity contribution in [1.29, 1.82) is 0 Å². The van der Waals surface area contributed by atoms with E-state index in [2.05, 4.69) is 0 Å². The highest BCUT2D eigenvalue weighted by molar-refractivity contribution is 4.82. The lowest BCUT2D eigenvalue weighted by Gasteiger charge is -2.38. The summed E-state index contributed by atoms with van der Waals surface area (Å²) in [5, 5.41) is 9.24. The summed E-state index contributed by atoms with van der Waals surface area (Å²) in [5.74, 6) is 0. The zero-order valence-electron chi connectivity index (χ0n) is 7.33. The fraction of sp³-hybridized carbons (Fsp3) is 1.00. The molecule has 11 heavy (non-hydrogen) atoms. The van der Waals surface area contributed by atoms with Gasteiger partial charge < -0.3 is 14.6 Å². The van der Waals surface area contributed by atoms with Crippen LogP contribution in [0.15, 0.2) is 0 Å². The quantitative estimate of drug-likeness (QED) is 0.619. The van der Waals surface area contributed by atoms with Gasteiger partial charge in [0, 0.05) is 20.0 Å². The van der Waals surface area contributed by atoms with Crippen LogP contribution in [-0.2, 0) is 9.47 Å². The van der Waals surface area contributed by atoms with Crippen LogP contribution in [0.2, 0.25) is 0 Å². The summed E-state index contributed by atoms with van der Waals surface area (Å²) in [6.07, 6.45) is 0.835. The maximum Gasteiger partial charge on any atom is 0.157 e. The molecular weight excluding hydrogens is 144 g/mol. The van der Waals surface area contributed by atoms with Gasteiger partial charge >= 0.3 is 0 Å². The lowest BCUT2D eigenvalue weighted by molar-refractivity contribution is -0.215. The van der Waals surface area contributed by atoms with Crippen molar-refractivity contribution in [3.63, 3.8) is 0 Å². The Balaban J connectivity index is 2.55. The normalized spacial score (nSPS) is 45.8. The zero-order valence-corrected chi connectivity index (χ0v) is 7.33. The molecule has 0 radical (unpaired) electrons. The average Bonchev–Trinajstić information content (AvgIpc) is 1.84. The van der Waals surface area contributed by atoms with Crippen LogP contribution in [0.5, 0.6) is 0 Å². The van der Waals surface area contributed by atoms with Gasteiger partial charge in [-0.2, -0.15) is 0 Å². The molecular formula is C8H16O3. The number of hydrogen-bond acceptors (Lipinski definition) is 3. The van der Waals surface area contributed by atoms with Crippen molar-refractivity contribution < 1.29 is 14.6 Å². The molecule has 0 saturated carbocycles. The molecule has 1 aliphatic rings. The zero-order chi connectivity index (χ0) is 8.48. The molecule has 1 saturated heterocycles. The topological polar surface area (TPSA) is 38.7 Å². The minimum atomic E-state index is -0.663. The second-order valence-corrected chi connectivity index (χ2v) is 3.46. The summed E-state index contributed by atoms with van der Waals surface area (Å²) >= 11 is 0. The van der Waals surface area contributed by atoms with Crippen LogP contribution >= 0.6 is 0 Å². The first-order valence-corrected chi connectivity index (χ1v) is 3.94. The van der Waals surface area contributed by atoms with Crippen LogP contribution in [0.1, 0.15) is 26.7 Å². The SMILES string of the molecule is CO[C@]1(C)CC(O)O[C@@H](C)C1. The number of hydrogen-bond donors (Lipinski definition) is 1. The van der Waals surface area contributed by atoms with Crippen LogP contribution in [0.25, 0.3) is 0 Å². The first-order valence-electron chi connectivity index (χ1n) is 3.94. The highest BCUT2D eigenvalue weighted by Gasteiger charge is 2.35. The Kier molecular flexibility index (Phi) is 2.52. The van der Waals surface area contributed by atoms with Gasteiger partial charge in [-0.3, -0.25) is 0 Å². The predicted octanol–water partition coefficient (Wildman–Crippen LogP) is 0.909. The van der Waals surface area contributed by atoms with Gasteiger partial charge in [-0.05, 0) is 13.8 Å². The molecule has 1 aliphatic heterocycles. The maximum atomic E-state index is 9.24. The molecule has 0 aromatic heterocycles. The molecule has 0 aromatic rings. The molecule has 0 amide bonds. The predicted molar refractivity (Wildman–Crippen MR) is 41.2 cm³/mol. The van der Waals surface area contributed by atoms with E-state index in [4.69, 9.17) is 9.47 Å². The summed E-state index contributed by atoms with van der Waals surface area (Å²) in [6, 6.07) is 0. The fourth-order valence-electron chi connectivity index (χ4n) is 1.59. The Morgan fingerprint density at radius 1 is 1.55 bits per heavy atom. The standard InChI is InChI=1S/C8H16O3/c1-6-4-8(2,10-3)5-7(9)11-6/h6-7,9H,4-5H2,1-3H3/t6-,7?,8-/m0/s1. The minimum Gasteiger partial charge on any atom is -0.378 e. The van der Waals surface area contributed by atoms with Crippen molar-refractivity contribution in [1.82, 2.24) is 0 Å². The molecule has 3 nitrogen and oxygen atoms in total. The molecule has 1 unspecified atom stereocenters. The van der Waals surface area contributed by atoms with Gasteiger partial charge in [0.05, 0.1) is 11.7 Å². The molecule has 1 rings (SSSR count). The first-order chi connectivity index (χ1) is 5.06. The summed E-state index contributed by atoms with van der Waals surface area (Å²) in [7, 11) is 1.67. The molecule has 1 N–H and O–H groups in total. The number of aliphatic hydroxyl groups is 1. The monoisotopic (exact) mass is 160 g/mol. The summed E-state index contributed by atoms with van der Waals surface area (Å²) in [4.78, 5) is 0. The second-order valence-electron chi connectivity index (χ2n) is 3.46. The van der Waals surface area contributed by atoms with Crippen LogP contribution < -0.4 is 0 Å². The van der Waals surface area contributed by atoms with Crippen molar-refractivity contribution >= 4 is 0 Å². The van der Waals surface area contributed by atoms with Crippen LogP contribution in [0.3, 0.4) is 0 Å². The molecule has 3 atom stereocenters. The van der Waals surface area contributed by atoms with E-state index in [0.29, 0.717) is 6.42 Å². The lowest BCUT2D eigenvalue weighted by Crippen LogP contribution is -2.43. The van der Waals surface area contributed by atoms with Crippen LogP contribution in [0, 0.1) is 0 Å². The van der Waals surface area contributed by atoms with Gasteiger partial charge in [0.1, 0.15) is 0 Å². The largest absolute Gasteiger partial charge is 0.378 e. The van der Waals surface area contributed by atoms with Crippen LogP contribution in [0.4, 0.5) is 0 Å². The number of rotatable bonds is 1. The van der Waals surface area contributed by atoms with E-state index in [1.165, 1.54) is 0 Å². The Morgan fingerprint density at radius 2 is 2.18 bits per heavy atom. The number of aliphatic hydroxyl groups excluding tert-OH is 1. The first kappa shape index (κ1) is 8.97. The van der Waals surface area contributed by atoms with Crippen molar-refractivity contribution in [3.05, 3.63) is 0 Å². The van der Waals surface area contributed by atoms with Crippen molar-refractivity contribution in [2.24, 2.45) is 0 Å². The Hall–Kier alpha value is -0.120. The second kappa shape index (κ2) is 3.09. The summed E-state index contributed by atoms with van der Waals surface area (Å²) < 4.78 is 10.4. The molecule has 0 aliphatic carbocycles. The van der Waals surface area contributed by atoms with Crippen molar-refractivity contribution in [3.8, 4) is 0 Å². The van der Waals surface area contributed by atoms with Gasteiger partial charge in [-0.1, -0.05) is 0 Å². The van der Waals surface area contributed by atoms with E-state index >= 15 is 0 Å². The van der Waals surface area contributed by atoms with Gasteiger partial charge in [0.15, 0.2) is 6.29 Å². The number of ether oxygens (including phenoxy) is 2. The van der Waals surface area contributed by atoms with Crippen molar-refractivity contribution in [2.45, 2.75) is 44.7 Å². The minimum absolute atomic E-state index is 0.0868. The van der Waals surface area contributed by atoms with E-state index in [9.17, 15) is 5.11 Å². The Morgan fingerprint density at radius 3 is 2.64 bits per heavy atom. The van der Waals surface area contributed by atoms with E-state index in [-0.39, 0.29) is 11.7 Å². The molecule has 0 aromatic carbocycles. The summed E-state index contributed by atoms with van der Waals surface area (Å²) in [6.45, 7) is 3.94. The highest BCUT2D eigenvalue weighted by Crippen LogP contribution is 2.29. The van der Waals surface area contributed by atoms with E-state index < -0.39 is 6.29 Å². The smallest absolute Gasteiger partial charge is 0.157 e. The fourth-order valence-corrected chi connectivity index (χ4v) is 1.59. The molecule has 0 spiro atoms. The summed E-state index contributed by atoms with van der Waals surface area (Å²) in [5.41, 5.74) is -0.211. The Bertz CT molecular complexity index is 125. The molecule has 66 valence electrons.